The quantitative estimate of drug-likeness (QED) is 0.462. The van der Waals surface area contributed by atoms with Gasteiger partial charge in [0.2, 0.25) is 15.9 Å². The molecule has 3 aromatic rings. The zero-order valence-corrected chi connectivity index (χ0v) is 20.2. The summed E-state index contributed by atoms with van der Waals surface area (Å²) in [6.45, 7) is 4.18. The molecule has 2 heterocycles. The van der Waals surface area contributed by atoms with Crippen molar-refractivity contribution in [1.29, 1.82) is 0 Å². The molecule has 11 heteroatoms. The molecule has 2 aromatic carbocycles. The molecule has 10 nitrogen and oxygen atoms in total. The standard InChI is InChI=1S/C24H27N5O5S/c1-16-8-9-20(14-17(16)2)35(33,34)28-12-10-18(11-13-28)23(31)25-26-24(32)22-21(30)15-29(27-22)19-6-4-3-5-7-19/h3-9,14-15,18,30H,10-13H2,1-2H3,(H,25,31)(H,26,32). The second-order valence-electron chi connectivity index (χ2n) is 8.51. The number of rotatable bonds is 5. The highest BCUT2D eigenvalue weighted by Crippen LogP contribution is 2.25. The van der Waals surface area contributed by atoms with Crippen LogP contribution in [0.4, 0.5) is 0 Å². The van der Waals surface area contributed by atoms with E-state index < -0.39 is 27.8 Å². The number of nitrogens with zero attached hydrogens (tertiary/aromatic N) is 3. The van der Waals surface area contributed by atoms with Crippen molar-refractivity contribution >= 4 is 21.8 Å². The zero-order chi connectivity index (χ0) is 25.2. The monoisotopic (exact) mass is 497 g/mol. The van der Waals surface area contributed by atoms with Gasteiger partial charge in [0.1, 0.15) is 0 Å². The Balaban J connectivity index is 1.32. The van der Waals surface area contributed by atoms with E-state index in [-0.39, 0.29) is 29.4 Å². The van der Waals surface area contributed by atoms with E-state index in [9.17, 15) is 23.1 Å². The second kappa shape index (κ2) is 9.88. The Morgan fingerprint density at radius 3 is 2.34 bits per heavy atom. The third kappa shape index (κ3) is 5.20. The van der Waals surface area contributed by atoms with Crippen molar-refractivity contribution in [3.63, 3.8) is 0 Å². The van der Waals surface area contributed by atoms with E-state index in [0.717, 1.165) is 11.1 Å². The molecule has 0 unspecified atom stereocenters. The summed E-state index contributed by atoms with van der Waals surface area (Å²) >= 11 is 0. The molecule has 1 fully saturated rings. The number of para-hydroxylation sites is 1. The molecule has 35 heavy (non-hydrogen) atoms. The number of aromatic nitrogens is 2. The number of hydrogen-bond donors (Lipinski definition) is 3. The van der Waals surface area contributed by atoms with Crippen molar-refractivity contribution in [2.75, 3.05) is 13.1 Å². The van der Waals surface area contributed by atoms with Gasteiger partial charge in [-0.25, -0.2) is 13.1 Å². The first kappa shape index (κ1) is 24.4. The van der Waals surface area contributed by atoms with Crippen LogP contribution < -0.4 is 10.9 Å². The van der Waals surface area contributed by atoms with Crippen molar-refractivity contribution in [1.82, 2.24) is 24.9 Å². The van der Waals surface area contributed by atoms with Gasteiger partial charge in [0.15, 0.2) is 11.4 Å². The molecular weight excluding hydrogens is 470 g/mol. The molecule has 1 saturated heterocycles. The largest absolute Gasteiger partial charge is 0.504 e. The van der Waals surface area contributed by atoms with Gasteiger partial charge in [-0.05, 0) is 62.1 Å². The van der Waals surface area contributed by atoms with Gasteiger partial charge in [0.25, 0.3) is 5.91 Å². The summed E-state index contributed by atoms with van der Waals surface area (Å²) < 4.78 is 28.7. The lowest BCUT2D eigenvalue weighted by Crippen LogP contribution is -2.48. The fraction of sp³-hybridized carbons (Fsp3) is 0.292. The number of hydrogen-bond acceptors (Lipinski definition) is 6. The summed E-state index contributed by atoms with van der Waals surface area (Å²) in [4.78, 5) is 25.3. The zero-order valence-electron chi connectivity index (χ0n) is 19.4. The number of carbonyl (C=O) groups is 2. The number of hydrazine groups is 1. The highest BCUT2D eigenvalue weighted by atomic mass is 32.2. The topological polar surface area (TPSA) is 134 Å². The van der Waals surface area contributed by atoms with Crippen LogP contribution in [-0.2, 0) is 14.8 Å². The Bertz CT molecular complexity index is 1350. The maximum Gasteiger partial charge on any atom is 0.294 e. The maximum atomic E-state index is 13.0. The van der Waals surface area contributed by atoms with E-state index in [1.165, 1.54) is 15.2 Å². The molecule has 0 radical (unpaired) electrons. The average Bonchev–Trinajstić information content (AvgIpc) is 3.26. The Kier molecular flexibility index (Phi) is 6.90. The van der Waals surface area contributed by atoms with Crippen LogP contribution in [0.5, 0.6) is 5.75 Å². The van der Waals surface area contributed by atoms with Gasteiger partial charge in [-0.2, -0.15) is 9.40 Å². The first-order valence-electron chi connectivity index (χ1n) is 11.2. The van der Waals surface area contributed by atoms with Gasteiger partial charge in [0.05, 0.1) is 16.8 Å². The summed E-state index contributed by atoms with van der Waals surface area (Å²) in [6, 6.07) is 14.0. The van der Waals surface area contributed by atoms with E-state index in [2.05, 4.69) is 16.0 Å². The minimum atomic E-state index is -3.64. The molecule has 0 aliphatic carbocycles. The summed E-state index contributed by atoms with van der Waals surface area (Å²) in [5.41, 5.74) is 6.98. The smallest absolute Gasteiger partial charge is 0.294 e. The number of aromatic hydroxyl groups is 1. The number of carbonyl (C=O) groups excluding carboxylic acids is 2. The highest BCUT2D eigenvalue weighted by molar-refractivity contribution is 7.89. The fourth-order valence-corrected chi connectivity index (χ4v) is 5.46. The molecule has 0 spiro atoms. The van der Waals surface area contributed by atoms with Crippen LogP contribution in [-0.4, -0.2) is 52.5 Å². The van der Waals surface area contributed by atoms with E-state index in [4.69, 9.17) is 0 Å². The van der Waals surface area contributed by atoms with E-state index >= 15 is 0 Å². The van der Waals surface area contributed by atoms with E-state index in [0.29, 0.717) is 18.5 Å². The molecule has 0 bridgehead atoms. The van der Waals surface area contributed by atoms with Gasteiger partial charge in [0, 0.05) is 19.0 Å². The van der Waals surface area contributed by atoms with Gasteiger partial charge in [-0.15, -0.1) is 0 Å². The first-order valence-corrected chi connectivity index (χ1v) is 12.6. The lowest BCUT2D eigenvalue weighted by molar-refractivity contribution is -0.126. The normalized spacial score (nSPS) is 15.0. The molecule has 0 atom stereocenters. The minimum absolute atomic E-state index is 0.198. The summed E-state index contributed by atoms with van der Waals surface area (Å²) in [7, 11) is -3.64. The average molecular weight is 498 g/mol. The molecule has 4 rings (SSSR count). The number of benzene rings is 2. The lowest BCUT2D eigenvalue weighted by atomic mass is 9.98. The van der Waals surface area contributed by atoms with Crippen LogP contribution in [0.15, 0.2) is 59.6 Å². The van der Waals surface area contributed by atoms with Gasteiger partial charge in [-0.1, -0.05) is 24.3 Å². The molecule has 1 aliphatic rings. The van der Waals surface area contributed by atoms with Crippen LogP contribution in [0.2, 0.25) is 0 Å². The second-order valence-corrected chi connectivity index (χ2v) is 10.4. The highest BCUT2D eigenvalue weighted by Gasteiger charge is 2.32. The van der Waals surface area contributed by atoms with E-state index in [1.807, 2.05) is 19.9 Å². The Morgan fingerprint density at radius 1 is 1.00 bits per heavy atom. The van der Waals surface area contributed by atoms with Crippen molar-refractivity contribution < 1.29 is 23.1 Å². The SMILES string of the molecule is Cc1ccc(S(=O)(=O)N2CCC(C(=O)NNC(=O)c3nn(-c4ccccc4)cc3O)CC2)cc1C. The van der Waals surface area contributed by atoms with Gasteiger partial charge < -0.3 is 5.11 Å². The molecule has 2 amide bonds. The molecule has 1 aromatic heterocycles. The molecule has 3 N–H and O–H groups in total. The maximum absolute atomic E-state index is 13.0. The van der Waals surface area contributed by atoms with Crippen molar-refractivity contribution in [2.45, 2.75) is 31.6 Å². The number of piperidine rings is 1. The summed E-state index contributed by atoms with van der Waals surface area (Å²) in [6.07, 6.45) is 1.94. The summed E-state index contributed by atoms with van der Waals surface area (Å²) in [5, 5.41) is 14.2. The van der Waals surface area contributed by atoms with Crippen molar-refractivity contribution in [3.8, 4) is 11.4 Å². The number of aryl methyl sites for hydroxylation is 2. The van der Waals surface area contributed by atoms with Gasteiger partial charge in [-0.3, -0.25) is 20.4 Å². The van der Waals surface area contributed by atoms with Crippen LogP contribution in [0.1, 0.15) is 34.5 Å². The van der Waals surface area contributed by atoms with Crippen LogP contribution >= 0.6 is 0 Å². The Morgan fingerprint density at radius 2 is 1.69 bits per heavy atom. The molecule has 1 aliphatic heterocycles. The molecular formula is C24H27N5O5S. The Labute approximate surface area is 203 Å². The minimum Gasteiger partial charge on any atom is -0.504 e. The predicted octanol–water partition coefficient (Wildman–Crippen LogP) is 2.06. The van der Waals surface area contributed by atoms with Crippen molar-refractivity contribution in [3.05, 3.63) is 71.5 Å². The van der Waals surface area contributed by atoms with Crippen LogP contribution in [0.3, 0.4) is 0 Å². The number of nitrogens with one attached hydrogen (secondary N) is 2. The van der Waals surface area contributed by atoms with Crippen LogP contribution in [0, 0.1) is 19.8 Å². The predicted molar refractivity (Wildman–Crippen MR) is 128 cm³/mol. The third-order valence-electron chi connectivity index (χ3n) is 6.17. The first-order chi connectivity index (χ1) is 16.7. The van der Waals surface area contributed by atoms with E-state index in [1.54, 1.807) is 42.5 Å². The van der Waals surface area contributed by atoms with Crippen LogP contribution in [0.25, 0.3) is 5.69 Å². The fourth-order valence-electron chi connectivity index (χ4n) is 3.90. The third-order valence-corrected chi connectivity index (χ3v) is 8.07. The number of sulfonamides is 1. The van der Waals surface area contributed by atoms with Gasteiger partial charge >= 0.3 is 0 Å². The Hall–Kier alpha value is -3.70. The lowest BCUT2D eigenvalue weighted by Gasteiger charge is -2.30. The molecule has 0 saturated carbocycles. The molecule has 184 valence electrons. The number of amides is 2. The summed E-state index contributed by atoms with van der Waals surface area (Å²) in [5.74, 6) is -1.98. The van der Waals surface area contributed by atoms with Crippen molar-refractivity contribution in [2.24, 2.45) is 5.92 Å².